The summed E-state index contributed by atoms with van der Waals surface area (Å²) in [7, 11) is -2.95. The number of halogens is 3. The number of nitrogens with one attached hydrogen (secondary N) is 2. The highest BCUT2D eigenvalue weighted by molar-refractivity contribution is 7.90. The molecule has 178 valence electrons. The predicted octanol–water partition coefficient (Wildman–Crippen LogP) is 3.72. The molecule has 0 saturated carbocycles. The number of aromatic amines is 2. The van der Waals surface area contributed by atoms with Gasteiger partial charge in [0.15, 0.2) is 27.3 Å². The van der Waals surface area contributed by atoms with Gasteiger partial charge in [-0.15, -0.1) is 0 Å². The number of fused-ring (bicyclic) bond motifs is 1. The Kier molecular flexibility index (Phi) is 5.65. The molecular formula is C21H14ClF2N7O3S. The molecule has 1 aromatic carbocycles. The van der Waals surface area contributed by atoms with Gasteiger partial charge in [-0.25, -0.2) is 37.1 Å². The summed E-state index contributed by atoms with van der Waals surface area (Å²) in [6.07, 6.45) is 5.31. The lowest BCUT2D eigenvalue weighted by atomic mass is 10.1. The highest BCUT2D eigenvalue weighted by Gasteiger charge is 2.27. The Labute approximate surface area is 201 Å². The van der Waals surface area contributed by atoms with E-state index in [0.29, 0.717) is 16.9 Å². The molecule has 0 atom stereocenters. The molecule has 5 rings (SSSR count). The SMILES string of the molecule is COc1ncc(Cl)cc1S(=O)(=O)Cc1ncnc(-c2ccc3c(-c4ncc[nH]4)[nH]nc3c2F)c1F. The molecule has 10 nitrogen and oxygen atoms in total. The zero-order chi connectivity index (χ0) is 24.7. The van der Waals surface area contributed by atoms with Crippen LogP contribution in [-0.2, 0) is 15.6 Å². The number of hydrogen-bond acceptors (Lipinski definition) is 8. The molecule has 0 unspecified atom stereocenters. The van der Waals surface area contributed by atoms with Crippen LogP contribution in [0, 0.1) is 11.6 Å². The standard InChI is InChI=1S/C21H14ClF2N7O3S/c1-34-21-14(6-10(22)7-27-21)35(32,33)8-13-16(24)17(29-9-28-13)11-2-3-12-18(15(11)23)30-31-19(12)20-25-4-5-26-20/h2-7,9H,8H2,1H3,(H,25,26)(H,30,31). The van der Waals surface area contributed by atoms with E-state index in [1.807, 2.05) is 0 Å². The number of ether oxygens (including phenoxy) is 1. The summed E-state index contributed by atoms with van der Waals surface area (Å²) in [4.78, 5) is 18.1. The number of benzene rings is 1. The highest BCUT2D eigenvalue weighted by Crippen LogP contribution is 2.33. The summed E-state index contributed by atoms with van der Waals surface area (Å²) < 4.78 is 61.7. The van der Waals surface area contributed by atoms with Crippen LogP contribution in [0.1, 0.15) is 5.69 Å². The second-order valence-corrected chi connectivity index (χ2v) is 9.66. The fourth-order valence-corrected chi connectivity index (χ4v) is 5.20. The van der Waals surface area contributed by atoms with Gasteiger partial charge in [-0.3, -0.25) is 5.10 Å². The largest absolute Gasteiger partial charge is 0.480 e. The molecule has 4 aromatic heterocycles. The van der Waals surface area contributed by atoms with Crippen LogP contribution in [0.4, 0.5) is 8.78 Å². The molecule has 2 N–H and O–H groups in total. The normalized spacial score (nSPS) is 11.8. The molecule has 0 spiro atoms. The van der Waals surface area contributed by atoms with E-state index in [1.54, 1.807) is 6.20 Å². The Morgan fingerprint density at radius 1 is 1.11 bits per heavy atom. The van der Waals surface area contributed by atoms with Gasteiger partial charge in [0.25, 0.3) is 0 Å². The average molecular weight is 518 g/mol. The molecule has 0 radical (unpaired) electrons. The van der Waals surface area contributed by atoms with Gasteiger partial charge in [-0.2, -0.15) is 5.10 Å². The van der Waals surface area contributed by atoms with Gasteiger partial charge in [0.2, 0.25) is 5.88 Å². The van der Waals surface area contributed by atoms with Crippen LogP contribution in [0.25, 0.3) is 33.7 Å². The van der Waals surface area contributed by atoms with Crippen molar-refractivity contribution < 1.29 is 21.9 Å². The fraction of sp³-hybridized carbons (Fsp3) is 0.0952. The van der Waals surface area contributed by atoms with E-state index in [0.717, 1.165) is 12.4 Å². The second-order valence-electron chi connectivity index (χ2n) is 7.26. The maximum Gasteiger partial charge on any atom is 0.232 e. The number of aromatic nitrogens is 7. The molecular weight excluding hydrogens is 504 g/mol. The Hall–Kier alpha value is -3.97. The number of hydrogen-bond donors (Lipinski definition) is 2. The third-order valence-corrected chi connectivity index (χ3v) is 6.98. The quantitative estimate of drug-likeness (QED) is 0.347. The van der Waals surface area contributed by atoms with Crippen LogP contribution in [0.5, 0.6) is 5.88 Å². The number of nitrogens with zero attached hydrogens (tertiary/aromatic N) is 5. The third kappa shape index (κ3) is 3.98. The smallest absolute Gasteiger partial charge is 0.232 e. The van der Waals surface area contributed by atoms with Crippen LogP contribution in [0.3, 0.4) is 0 Å². The van der Waals surface area contributed by atoms with Crippen molar-refractivity contribution in [3.8, 4) is 28.7 Å². The Balaban J connectivity index is 1.56. The van der Waals surface area contributed by atoms with E-state index < -0.39 is 38.6 Å². The van der Waals surface area contributed by atoms with Crippen molar-refractivity contribution in [2.24, 2.45) is 0 Å². The van der Waals surface area contributed by atoms with Crippen LogP contribution >= 0.6 is 11.6 Å². The van der Waals surface area contributed by atoms with E-state index in [4.69, 9.17) is 16.3 Å². The molecule has 14 heteroatoms. The molecule has 0 aliphatic heterocycles. The Morgan fingerprint density at radius 3 is 2.69 bits per heavy atom. The highest BCUT2D eigenvalue weighted by atomic mass is 35.5. The summed E-state index contributed by atoms with van der Waals surface area (Å²) in [6, 6.07) is 4.01. The summed E-state index contributed by atoms with van der Waals surface area (Å²) in [5.74, 6) is -2.55. The van der Waals surface area contributed by atoms with Crippen LogP contribution in [0.2, 0.25) is 5.02 Å². The number of imidazole rings is 1. The van der Waals surface area contributed by atoms with Gasteiger partial charge in [0, 0.05) is 29.5 Å². The lowest BCUT2D eigenvalue weighted by Crippen LogP contribution is -2.11. The minimum Gasteiger partial charge on any atom is -0.480 e. The van der Waals surface area contributed by atoms with E-state index >= 15 is 8.78 Å². The number of pyridine rings is 1. The van der Waals surface area contributed by atoms with Gasteiger partial charge < -0.3 is 9.72 Å². The van der Waals surface area contributed by atoms with Crippen molar-refractivity contribution in [3.63, 3.8) is 0 Å². The summed E-state index contributed by atoms with van der Waals surface area (Å²) in [5, 5.41) is 7.16. The number of H-pyrrole nitrogens is 2. The molecule has 0 aliphatic carbocycles. The maximum absolute atomic E-state index is 15.4. The van der Waals surface area contributed by atoms with Crippen LogP contribution in [0.15, 0.2) is 48.0 Å². The Bertz CT molecular complexity index is 1670. The van der Waals surface area contributed by atoms with E-state index in [2.05, 4.69) is 35.1 Å². The minimum absolute atomic E-state index is 0.0523. The molecule has 4 heterocycles. The zero-order valence-corrected chi connectivity index (χ0v) is 19.3. The lowest BCUT2D eigenvalue weighted by molar-refractivity contribution is 0.385. The number of methoxy groups -OCH3 is 1. The molecule has 0 amide bonds. The first kappa shape index (κ1) is 22.8. The first-order valence-corrected chi connectivity index (χ1v) is 11.9. The van der Waals surface area contributed by atoms with Crippen molar-refractivity contribution in [2.75, 3.05) is 7.11 Å². The van der Waals surface area contributed by atoms with Crippen molar-refractivity contribution in [2.45, 2.75) is 10.6 Å². The Morgan fingerprint density at radius 2 is 1.94 bits per heavy atom. The average Bonchev–Trinajstić information content (AvgIpc) is 3.51. The molecule has 0 aliphatic rings. The van der Waals surface area contributed by atoms with Gasteiger partial charge in [-0.05, 0) is 18.2 Å². The molecule has 0 bridgehead atoms. The van der Waals surface area contributed by atoms with Crippen molar-refractivity contribution in [1.29, 1.82) is 0 Å². The van der Waals surface area contributed by atoms with Crippen LogP contribution < -0.4 is 4.74 Å². The minimum atomic E-state index is -4.19. The molecule has 35 heavy (non-hydrogen) atoms. The zero-order valence-electron chi connectivity index (χ0n) is 17.8. The molecule has 5 aromatic rings. The van der Waals surface area contributed by atoms with Crippen molar-refractivity contribution >= 4 is 32.3 Å². The molecule has 0 saturated heterocycles. The third-order valence-electron chi connectivity index (χ3n) is 5.16. The van der Waals surface area contributed by atoms with E-state index in [9.17, 15) is 8.42 Å². The predicted molar refractivity (Wildman–Crippen MR) is 121 cm³/mol. The lowest BCUT2D eigenvalue weighted by Gasteiger charge is -2.11. The van der Waals surface area contributed by atoms with E-state index in [1.165, 1.54) is 31.6 Å². The number of sulfone groups is 1. The first-order valence-electron chi connectivity index (χ1n) is 9.88. The second kappa shape index (κ2) is 8.67. The fourth-order valence-electron chi connectivity index (χ4n) is 3.55. The summed E-state index contributed by atoms with van der Waals surface area (Å²) in [6.45, 7) is 0. The van der Waals surface area contributed by atoms with Gasteiger partial charge >= 0.3 is 0 Å². The number of rotatable bonds is 6. The monoisotopic (exact) mass is 517 g/mol. The summed E-state index contributed by atoms with van der Waals surface area (Å²) in [5.41, 5.74) is -0.695. The summed E-state index contributed by atoms with van der Waals surface area (Å²) >= 11 is 5.88. The topological polar surface area (TPSA) is 139 Å². The van der Waals surface area contributed by atoms with Crippen molar-refractivity contribution in [1.82, 2.24) is 35.1 Å². The van der Waals surface area contributed by atoms with Gasteiger partial charge in [0.1, 0.15) is 33.9 Å². The van der Waals surface area contributed by atoms with Gasteiger partial charge in [0.05, 0.1) is 17.8 Å². The van der Waals surface area contributed by atoms with E-state index in [-0.39, 0.29) is 26.9 Å². The van der Waals surface area contributed by atoms with Crippen molar-refractivity contribution in [3.05, 3.63) is 65.5 Å². The van der Waals surface area contributed by atoms with Crippen LogP contribution in [-0.4, -0.2) is 50.6 Å². The first-order chi connectivity index (χ1) is 16.8. The van der Waals surface area contributed by atoms with Gasteiger partial charge in [-0.1, -0.05) is 11.6 Å². The maximum atomic E-state index is 15.4. The molecule has 0 fully saturated rings.